The van der Waals surface area contributed by atoms with Crippen LogP contribution in [0.2, 0.25) is 0 Å². The molecule has 4 nitrogen and oxygen atoms in total. The number of rotatable bonds is 7. The van der Waals surface area contributed by atoms with Crippen LogP contribution in [0.15, 0.2) is 205 Å². The summed E-state index contributed by atoms with van der Waals surface area (Å²) in [6, 6.07) is 70.8. The van der Waals surface area contributed by atoms with Crippen LogP contribution in [0.25, 0.3) is 49.4 Å². The van der Waals surface area contributed by atoms with Crippen molar-refractivity contribution in [2.45, 2.75) is 0 Å². The van der Waals surface area contributed by atoms with E-state index in [1.54, 1.807) is 0 Å². The minimum absolute atomic E-state index is 0.893. The highest BCUT2D eigenvalue weighted by Crippen LogP contribution is 2.45. The first-order valence-corrected chi connectivity index (χ1v) is 17.6. The summed E-state index contributed by atoms with van der Waals surface area (Å²) in [5, 5.41) is 4.65. The Morgan fingerprint density at radius 3 is 1.33 bits per heavy atom. The van der Waals surface area contributed by atoms with Gasteiger partial charge in [-0.25, -0.2) is 0 Å². The van der Waals surface area contributed by atoms with Crippen LogP contribution in [0.3, 0.4) is 0 Å². The lowest BCUT2D eigenvalue weighted by molar-refractivity contribution is 0.669. The highest BCUT2D eigenvalue weighted by Gasteiger charge is 2.22. The monoisotopic (exact) mass is 667 g/mol. The standard InChI is InChI=1S/C48H33N3O/c1-5-17-34(18-6-1)49(35-19-7-2-8-20-35)38-31-39(50(36-21-9-3-10-22-36)37-23-11-4-12-24-37)33-40(32-38)51-43-27-15-13-25-41(43)47-44(51)29-30-46-48(47)42-26-14-16-28-45(42)52-46/h1-33H. The summed E-state index contributed by atoms with van der Waals surface area (Å²) in [4.78, 5) is 4.69. The van der Waals surface area contributed by atoms with Crippen molar-refractivity contribution in [3.8, 4) is 5.69 Å². The fraction of sp³-hybridized carbons (Fsp3) is 0. The molecule has 0 aliphatic rings. The zero-order chi connectivity index (χ0) is 34.4. The molecular formula is C48H33N3O. The fourth-order valence-corrected chi connectivity index (χ4v) is 7.72. The van der Waals surface area contributed by atoms with Gasteiger partial charge in [0.2, 0.25) is 0 Å². The van der Waals surface area contributed by atoms with Crippen LogP contribution < -0.4 is 9.80 Å². The molecule has 246 valence electrons. The Labute approximate surface area is 301 Å². The first-order valence-electron chi connectivity index (χ1n) is 17.6. The second-order valence-corrected chi connectivity index (χ2v) is 13.0. The molecule has 0 fully saturated rings. The predicted octanol–water partition coefficient (Wildman–Crippen LogP) is 13.6. The van der Waals surface area contributed by atoms with E-state index < -0.39 is 0 Å². The van der Waals surface area contributed by atoms with Crippen molar-refractivity contribution in [2.75, 3.05) is 9.80 Å². The number of para-hydroxylation sites is 6. The SMILES string of the molecule is c1ccc(N(c2ccccc2)c2cc(N(c3ccccc3)c3ccccc3)cc(-n3c4ccccc4c4c5c(ccc43)oc3ccccc35)c2)cc1. The molecule has 0 spiro atoms. The Hall–Kier alpha value is -7.04. The van der Waals surface area contributed by atoms with Crippen LogP contribution in [-0.4, -0.2) is 4.57 Å². The van der Waals surface area contributed by atoms with Gasteiger partial charge in [-0.1, -0.05) is 109 Å². The summed E-state index contributed by atoms with van der Waals surface area (Å²) in [7, 11) is 0. The van der Waals surface area contributed by atoms with E-state index >= 15 is 0 Å². The fourth-order valence-electron chi connectivity index (χ4n) is 7.72. The summed E-state index contributed by atoms with van der Waals surface area (Å²) < 4.78 is 8.82. The predicted molar refractivity (Wildman–Crippen MR) is 217 cm³/mol. The topological polar surface area (TPSA) is 24.6 Å². The van der Waals surface area contributed by atoms with E-state index in [-0.39, 0.29) is 0 Å². The van der Waals surface area contributed by atoms with Crippen molar-refractivity contribution in [2.24, 2.45) is 0 Å². The number of nitrogens with zero attached hydrogens (tertiary/aromatic N) is 3. The molecule has 0 bridgehead atoms. The van der Waals surface area contributed by atoms with Crippen molar-refractivity contribution in [1.29, 1.82) is 0 Å². The van der Waals surface area contributed by atoms with Crippen molar-refractivity contribution >= 4 is 77.9 Å². The summed E-state index contributed by atoms with van der Waals surface area (Å²) >= 11 is 0. The Balaban J connectivity index is 1.32. The number of hydrogen-bond donors (Lipinski definition) is 0. The molecule has 2 heterocycles. The van der Waals surface area contributed by atoms with Crippen molar-refractivity contribution in [1.82, 2.24) is 4.57 Å². The van der Waals surface area contributed by atoms with Gasteiger partial charge in [-0.15, -0.1) is 0 Å². The van der Waals surface area contributed by atoms with Crippen LogP contribution in [-0.2, 0) is 0 Å². The van der Waals surface area contributed by atoms with Crippen LogP contribution in [0.4, 0.5) is 34.1 Å². The van der Waals surface area contributed by atoms with Gasteiger partial charge in [-0.2, -0.15) is 0 Å². The van der Waals surface area contributed by atoms with Crippen LogP contribution in [0.5, 0.6) is 0 Å². The van der Waals surface area contributed by atoms with Gasteiger partial charge in [-0.05, 0) is 91.0 Å². The molecule has 0 saturated carbocycles. The van der Waals surface area contributed by atoms with E-state index in [4.69, 9.17) is 4.42 Å². The number of furan rings is 1. The zero-order valence-corrected chi connectivity index (χ0v) is 28.3. The molecule has 52 heavy (non-hydrogen) atoms. The van der Waals surface area contributed by atoms with Gasteiger partial charge >= 0.3 is 0 Å². The molecule has 0 aliphatic heterocycles. The van der Waals surface area contributed by atoms with E-state index in [1.165, 1.54) is 10.8 Å². The number of benzene rings is 8. The van der Waals surface area contributed by atoms with Gasteiger partial charge in [0, 0.05) is 44.3 Å². The Bertz CT molecular complexity index is 2660. The molecular weight excluding hydrogens is 635 g/mol. The van der Waals surface area contributed by atoms with Crippen LogP contribution >= 0.6 is 0 Å². The molecule has 10 aromatic rings. The third kappa shape index (κ3) is 4.92. The molecule has 0 aliphatic carbocycles. The van der Waals surface area contributed by atoms with Crippen LogP contribution in [0.1, 0.15) is 0 Å². The average Bonchev–Trinajstić information content (AvgIpc) is 3.75. The van der Waals surface area contributed by atoms with Crippen molar-refractivity contribution in [3.63, 3.8) is 0 Å². The highest BCUT2D eigenvalue weighted by molar-refractivity contribution is 6.27. The van der Waals surface area contributed by atoms with E-state index in [0.29, 0.717) is 0 Å². The second-order valence-electron chi connectivity index (χ2n) is 13.0. The average molecular weight is 668 g/mol. The highest BCUT2D eigenvalue weighted by atomic mass is 16.3. The maximum Gasteiger partial charge on any atom is 0.136 e. The first kappa shape index (κ1) is 29.8. The lowest BCUT2D eigenvalue weighted by atomic mass is 10.1. The molecule has 2 aromatic heterocycles. The summed E-state index contributed by atoms with van der Waals surface area (Å²) in [5.41, 5.74) is 11.5. The van der Waals surface area contributed by atoms with Crippen molar-refractivity contribution in [3.05, 3.63) is 200 Å². The van der Waals surface area contributed by atoms with Crippen LogP contribution in [0, 0.1) is 0 Å². The summed E-state index contributed by atoms with van der Waals surface area (Å²) in [6.07, 6.45) is 0. The zero-order valence-electron chi connectivity index (χ0n) is 28.3. The molecule has 0 radical (unpaired) electrons. The maximum absolute atomic E-state index is 6.40. The second kappa shape index (κ2) is 12.4. The normalized spacial score (nSPS) is 11.5. The first-order chi connectivity index (χ1) is 25.8. The smallest absolute Gasteiger partial charge is 0.136 e. The van der Waals surface area contributed by atoms with Gasteiger partial charge in [0.05, 0.1) is 28.1 Å². The van der Waals surface area contributed by atoms with E-state index in [2.05, 4.69) is 208 Å². The minimum atomic E-state index is 0.893. The molecule has 10 rings (SSSR count). The summed E-state index contributed by atoms with van der Waals surface area (Å²) in [5.74, 6) is 0. The van der Waals surface area contributed by atoms with E-state index in [1.807, 2.05) is 6.07 Å². The molecule has 0 unspecified atom stereocenters. The van der Waals surface area contributed by atoms with Gasteiger partial charge in [0.15, 0.2) is 0 Å². The molecule has 4 heteroatoms. The largest absolute Gasteiger partial charge is 0.456 e. The molecule has 0 saturated heterocycles. The molecule has 0 N–H and O–H groups in total. The number of anilines is 6. The van der Waals surface area contributed by atoms with E-state index in [0.717, 1.165) is 72.8 Å². The Morgan fingerprint density at radius 1 is 0.327 bits per heavy atom. The third-order valence-corrected chi connectivity index (χ3v) is 9.90. The maximum atomic E-state index is 6.40. The molecule has 8 aromatic carbocycles. The van der Waals surface area contributed by atoms with Crippen molar-refractivity contribution < 1.29 is 4.42 Å². The lowest BCUT2D eigenvalue weighted by Gasteiger charge is -2.30. The van der Waals surface area contributed by atoms with Gasteiger partial charge in [0.25, 0.3) is 0 Å². The number of fused-ring (bicyclic) bond motifs is 7. The van der Waals surface area contributed by atoms with Gasteiger partial charge in [0.1, 0.15) is 11.2 Å². The van der Waals surface area contributed by atoms with Gasteiger partial charge < -0.3 is 18.8 Å². The quantitative estimate of drug-likeness (QED) is 0.169. The lowest BCUT2D eigenvalue weighted by Crippen LogP contribution is -2.14. The van der Waals surface area contributed by atoms with E-state index in [9.17, 15) is 0 Å². The number of aromatic nitrogens is 1. The third-order valence-electron chi connectivity index (χ3n) is 9.90. The molecule has 0 amide bonds. The minimum Gasteiger partial charge on any atom is -0.456 e. The number of hydrogen-bond acceptors (Lipinski definition) is 3. The Morgan fingerprint density at radius 2 is 0.788 bits per heavy atom. The van der Waals surface area contributed by atoms with Gasteiger partial charge in [-0.3, -0.25) is 0 Å². The Kier molecular flexibility index (Phi) is 7.10. The molecule has 0 atom stereocenters. The summed E-state index contributed by atoms with van der Waals surface area (Å²) in [6.45, 7) is 0.